The zero-order chi connectivity index (χ0) is 27.2. The number of hydrogen-bond donors (Lipinski definition) is 2. The fourth-order valence-corrected chi connectivity index (χ4v) is 6.23. The topological polar surface area (TPSA) is 118 Å². The van der Waals surface area contributed by atoms with Crippen molar-refractivity contribution in [3.05, 3.63) is 28.7 Å². The van der Waals surface area contributed by atoms with Crippen LogP contribution in [0.25, 0.3) is 11.0 Å². The Bertz CT molecular complexity index is 1320. The number of aromatic nitrogens is 2. The SMILES string of the molecule is Cn1c(=O)n(C2CCC(=O)NC2=O)c2cccc(N3CCC4(CCN(CCNC(=O)OC(C)(C)C)C4)C3)c21. The molecule has 11 heteroatoms. The van der Waals surface area contributed by atoms with E-state index in [0.29, 0.717) is 18.5 Å². The number of imidazole rings is 1. The highest BCUT2D eigenvalue weighted by Gasteiger charge is 2.44. The summed E-state index contributed by atoms with van der Waals surface area (Å²) in [7, 11) is 1.75. The van der Waals surface area contributed by atoms with Gasteiger partial charge in [-0.3, -0.25) is 24.0 Å². The number of carbonyl (C=O) groups is 3. The van der Waals surface area contributed by atoms with Crippen molar-refractivity contribution in [3.63, 3.8) is 0 Å². The number of hydrogen-bond acceptors (Lipinski definition) is 7. The number of para-hydroxylation sites is 1. The van der Waals surface area contributed by atoms with Gasteiger partial charge in [-0.15, -0.1) is 0 Å². The third kappa shape index (κ3) is 5.03. The third-order valence-corrected chi connectivity index (χ3v) is 8.00. The largest absolute Gasteiger partial charge is 0.444 e. The van der Waals surface area contributed by atoms with Gasteiger partial charge in [0.05, 0.1) is 16.7 Å². The lowest BCUT2D eigenvalue weighted by atomic mass is 9.86. The molecule has 1 aromatic heterocycles. The second-order valence-electron chi connectivity index (χ2n) is 11.9. The molecule has 38 heavy (non-hydrogen) atoms. The molecule has 206 valence electrons. The van der Waals surface area contributed by atoms with Gasteiger partial charge in [0.2, 0.25) is 11.8 Å². The van der Waals surface area contributed by atoms with Crippen LogP contribution in [0.4, 0.5) is 10.5 Å². The molecule has 3 aliphatic heterocycles. The van der Waals surface area contributed by atoms with E-state index < -0.39 is 17.6 Å². The van der Waals surface area contributed by atoms with E-state index in [4.69, 9.17) is 4.74 Å². The number of ether oxygens (including phenoxy) is 1. The summed E-state index contributed by atoms with van der Waals surface area (Å²) in [6.07, 6.45) is 2.29. The van der Waals surface area contributed by atoms with Crippen molar-refractivity contribution in [1.29, 1.82) is 0 Å². The number of benzene rings is 1. The lowest BCUT2D eigenvalue weighted by Crippen LogP contribution is -2.44. The van der Waals surface area contributed by atoms with E-state index in [1.165, 1.54) is 0 Å². The molecule has 3 fully saturated rings. The van der Waals surface area contributed by atoms with Crippen LogP contribution in [0.1, 0.15) is 52.5 Å². The molecule has 0 bridgehead atoms. The van der Waals surface area contributed by atoms with Crippen LogP contribution < -0.4 is 21.2 Å². The molecule has 5 rings (SSSR count). The molecule has 1 aromatic carbocycles. The Morgan fingerprint density at radius 2 is 1.92 bits per heavy atom. The molecule has 3 amide bonds. The zero-order valence-corrected chi connectivity index (χ0v) is 22.7. The fourth-order valence-electron chi connectivity index (χ4n) is 6.23. The molecular formula is C27H38N6O5. The molecule has 0 aliphatic carbocycles. The number of amides is 3. The van der Waals surface area contributed by atoms with Crippen LogP contribution >= 0.6 is 0 Å². The Morgan fingerprint density at radius 3 is 2.66 bits per heavy atom. The number of nitrogens with one attached hydrogen (secondary N) is 2. The minimum absolute atomic E-state index is 0.166. The van der Waals surface area contributed by atoms with Crippen molar-refractivity contribution in [1.82, 2.24) is 24.7 Å². The normalized spacial score (nSPS) is 24.4. The number of fused-ring (bicyclic) bond motifs is 1. The number of anilines is 1. The van der Waals surface area contributed by atoms with Crippen LogP contribution in [0.5, 0.6) is 0 Å². The number of likely N-dealkylation sites (tertiary alicyclic amines) is 1. The zero-order valence-electron chi connectivity index (χ0n) is 22.7. The molecule has 4 heterocycles. The molecule has 3 saturated heterocycles. The molecule has 0 saturated carbocycles. The number of nitrogens with zero attached hydrogens (tertiary/aromatic N) is 4. The summed E-state index contributed by atoms with van der Waals surface area (Å²) in [5.74, 6) is -0.720. The maximum Gasteiger partial charge on any atom is 0.407 e. The number of carbonyl (C=O) groups excluding carboxylic acids is 3. The average Bonchev–Trinajstić information content (AvgIpc) is 3.51. The summed E-state index contributed by atoms with van der Waals surface area (Å²) < 4.78 is 8.50. The quantitative estimate of drug-likeness (QED) is 0.570. The highest BCUT2D eigenvalue weighted by Crippen LogP contribution is 2.42. The van der Waals surface area contributed by atoms with Gasteiger partial charge in [0.25, 0.3) is 0 Å². The van der Waals surface area contributed by atoms with E-state index >= 15 is 0 Å². The van der Waals surface area contributed by atoms with Gasteiger partial charge in [0.1, 0.15) is 11.6 Å². The summed E-state index contributed by atoms with van der Waals surface area (Å²) in [5.41, 5.74) is 1.93. The molecule has 2 aromatic rings. The van der Waals surface area contributed by atoms with Crippen LogP contribution in [0, 0.1) is 5.41 Å². The van der Waals surface area contributed by atoms with E-state index in [1.807, 2.05) is 39.0 Å². The average molecular weight is 527 g/mol. The van der Waals surface area contributed by atoms with Gasteiger partial charge in [-0.25, -0.2) is 9.59 Å². The summed E-state index contributed by atoms with van der Waals surface area (Å²) in [6.45, 7) is 10.6. The summed E-state index contributed by atoms with van der Waals surface area (Å²) in [5, 5.41) is 5.23. The standard InChI is InChI=1S/C27H38N6O5/c1-26(2,3)38-24(36)28-12-15-31-13-10-27(16-31)11-14-32(17-27)18-6-5-7-19-22(18)30(4)25(37)33(19)20-8-9-21(34)29-23(20)35/h5-7,20H,8-17H2,1-4H3,(H,28,36)(H,29,34,35). The Balaban J connectivity index is 1.28. The highest BCUT2D eigenvalue weighted by atomic mass is 16.6. The van der Waals surface area contributed by atoms with E-state index in [1.54, 1.807) is 16.2 Å². The van der Waals surface area contributed by atoms with Crippen LogP contribution in [0.15, 0.2) is 23.0 Å². The molecule has 0 radical (unpaired) electrons. The number of piperidine rings is 1. The number of rotatable bonds is 5. The molecular weight excluding hydrogens is 488 g/mol. The van der Waals surface area contributed by atoms with Crippen molar-refractivity contribution in [2.75, 3.05) is 44.2 Å². The van der Waals surface area contributed by atoms with Crippen molar-refractivity contribution < 1.29 is 19.1 Å². The Kier molecular flexibility index (Phi) is 6.75. The second kappa shape index (κ2) is 9.76. The molecule has 2 unspecified atom stereocenters. The number of alkyl carbamates (subject to hydrolysis) is 1. The minimum atomic E-state index is -0.693. The molecule has 1 spiro atoms. The summed E-state index contributed by atoms with van der Waals surface area (Å²) in [4.78, 5) is 54.2. The molecule has 2 atom stereocenters. The smallest absolute Gasteiger partial charge is 0.407 e. The van der Waals surface area contributed by atoms with E-state index in [0.717, 1.165) is 56.8 Å². The van der Waals surface area contributed by atoms with Gasteiger partial charge in [-0.2, -0.15) is 0 Å². The van der Waals surface area contributed by atoms with E-state index in [-0.39, 0.29) is 29.5 Å². The number of imide groups is 1. The van der Waals surface area contributed by atoms with Crippen LogP contribution in [-0.4, -0.2) is 76.8 Å². The van der Waals surface area contributed by atoms with Crippen molar-refractivity contribution in [3.8, 4) is 0 Å². The fraction of sp³-hybridized carbons (Fsp3) is 0.630. The maximum absolute atomic E-state index is 13.3. The first-order valence-electron chi connectivity index (χ1n) is 13.4. The molecule has 3 aliphatic rings. The maximum atomic E-state index is 13.3. The van der Waals surface area contributed by atoms with Crippen molar-refractivity contribution >= 4 is 34.6 Å². The third-order valence-electron chi connectivity index (χ3n) is 8.00. The van der Waals surface area contributed by atoms with Gasteiger partial charge >= 0.3 is 11.8 Å². The summed E-state index contributed by atoms with van der Waals surface area (Å²) in [6, 6.07) is 5.17. The van der Waals surface area contributed by atoms with E-state index in [2.05, 4.69) is 20.4 Å². The highest BCUT2D eigenvalue weighted by molar-refractivity contribution is 6.00. The first kappa shape index (κ1) is 26.3. The first-order chi connectivity index (χ1) is 18.0. The number of aryl methyl sites for hydroxylation is 1. The van der Waals surface area contributed by atoms with Crippen LogP contribution in [-0.2, 0) is 21.4 Å². The van der Waals surface area contributed by atoms with Gasteiger partial charge in [-0.05, 0) is 58.7 Å². The van der Waals surface area contributed by atoms with Gasteiger partial charge < -0.3 is 19.9 Å². The molecule has 2 N–H and O–H groups in total. The lowest BCUT2D eigenvalue weighted by Gasteiger charge is -2.26. The van der Waals surface area contributed by atoms with Crippen molar-refractivity contribution in [2.24, 2.45) is 12.5 Å². The Hall–Kier alpha value is -3.34. The van der Waals surface area contributed by atoms with Crippen LogP contribution in [0.2, 0.25) is 0 Å². The predicted molar refractivity (Wildman–Crippen MR) is 143 cm³/mol. The van der Waals surface area contributed by atoms with E-state index in [9.17, 15) is 19.2 Å². The van der Waals surface area contributed by atoms with Gasteiger partial charge in [-0.1, -0.05) is 6.07 Å². The van der Waals surface area contributed by atoms with Gasteiger partial charge in [0.15, 0.2) is 0 Å². The second-order valence-corrected chi connectivity index (χ2v) is 11.9. The van der Waals surface area contributed by atoms with Crippen LogP contribution in [0.3, 0.4) is 0 Å². The predicted octanol–water partition coefficient (Wildman–Crippen LogP) is 1.74. The Morgan fingerprint density at radius 1 is 1.16 bits per heavy atom. The first-order valence-corrected chi connectivity index (χ1v) is 13.4. The minimum Gasteiger partial charge on any atom is -0.444 e. The van der Waals surface area contributed by atoms with Gasteiger partial charge in [0, 0.05) is 51.6 Å². The molecule has 11 nitrogen and oxygen atoms in total. The lowest BCUT2D eigenvalue weighted by molar-refractivity contribution is -0.135. The summed E-state index contributed by atoms with van der Waals surface area (Å²) >= 11 is 0. The monoisotopic (exact) mass is 526 g/mol. The Labute approximate surface area is 222 Å². The van der Waals surface area contributed by atoms with Crippen molar-refractivity contribution in [2.45, 2.75) is 58.1 Å².